The minimum atomic E-state index is -0.372. The normalized spacial score (nSPS) is 12.4. The third kappa shape index (κ3) is 2.63. The Kier molecular flexibility index (Phi) is 4.52. The van der Waals surface area contributed by atoms with E-state index in [9.17, 15) is 4.39 Å². The first-order chi connectivity index (χ1) is 9.22. The van der Waals surface area contributed by atoms with Crippen molar-refractivity contribution in [2.75, 3.05) is 7.11 Å². The summed E-state index contributed by atoms with van der Waals surface area (Å²) in [5.74, 6) is 5.49. The molecule has 0 saturated heterocycles. The zero-order valence-electron chi connectivity index (χ0n) is 10.9. The second-order valence-electron chi connectivity index (χ2n) is 4.13. The van der Waals surface area contributed by atoms with Crippen molar-refractivity contribution >= 4 is 11.3 Å². The third-order valence-electron chi connectivity index (χ3n) is 3.11. The average Bonchev–Trinajstić information content (AvgIpc) is 2.90. The summed E-state index contributed by atoms with van der Waals surface area (Å²) in [6, 6.07) is 6.77. The highest BCUT2D eigenvalue weighted by Gasteiger charge is 2.22. The van der Waals surface area contributed by atoms with Crippen LogP contribution in [-0.2, 0) is 6.42 Å². The van der Waals surface area contributed by atoms with Crippen LogP contribution < -0.4 is 16.0 Å². The van der Waals surface area contributed by atoms with Crippen molar-refractivity contribution in [3.8, 4) is 5.75 Å². The summed E-state index contributed by atoms with van der Waals surface area (Å²) < 4.78 is 19.3. The lowest BCUT2D eigenvalue weighted by Gasteiger charge is -2.18. The van der Waals surface area contributed by atoms with Gasteiger partial charge in [-0.3, -0.25) is 5.84 Å². The molecular formula is C14H17FN2OS. The first kappa shape index (κ1) is 14.0. The van der Waals surface area contributed by atoms with E-state index >= 15 is 0 Å². The van der Waals surface area contributed by atoms with Gasteiger partial charge in [-0.15, -0.1) is 11.3 Å². The summed E-state index contributed by atoms with van der Waals surface area (Å²) in [6.45, 7) is 2.07. The summed E-state index contributed by atoms with van der Waals surface area (Å²) in [7, 11) is 1.45. The maximum atomic E-state index is 14.3. The lowest BCUT2D eigenvalue weighted by Crippen LogP contribution is -2.29. The van der Waals surface area contributed by atoms with Gasteiger partial charge in [0.05, 0.1) is 13.2 Å². The number of thiophene rings is 1. The van der Waals surface area contributed by atoms with Crippen LogP contribution >= 0.6 is 11.3 Å². The standard InChI is InChI=1S/C14H17FN2OS/c1-3-9-7-8-19-14(9)13(17-16)10-5-4-6-11(18-2)12(10)15/h4-8,13,17H,3,16H2,1-2H3. The van der Waals surface area contributed by atoms with E-state index in [0.29, 0.717) is 5.56 Å². The molecule has 0 bridgehead atoms. The molecule has 0 saturated carbocycles. The van der Waals surface area contributed by atoms with Gasteiger partial charge in [-0.2, -0.15) is 0 Å². The number of nitrogens with two attached hydrogens (primary N) is 1. The molecule has 2 aromatic rings. The molecule has 2 rings (SSSR count). The van der Waals surface area contributed by atoms with Gasteiger partial charge in [0.25, 0.3) is 0 Å². The molecule has 0 spiro atoms. The first-order valence-corrected chi connectivity index (χ1v) is 6.95. The summed E-state index contributed by atoms with van der Waals surface area (Å²) in [5.41, 5.74) is 4.38. The number of hydrazine groups is 1. The minimum absolute atomic E-state index is 0.229. The topological polar surface area (TPSA) is 47.3 Å². The van der Waals surface area contributed by atoms with Gasteiger partial charge in [-0.1, -0.05) is 19.1 Å². The van der Waals surface area contributed by atoms with Crippen molar-refractivity contribution in [2.24, 2.45) is 5.84 Å². The number of hydrogen-bond donors (Lipinski definition) is 2. The molecule has 102 valence electrons. The van der Waals surface area contributed by atoms with E-state index in [0.717, 1.165) is 11.3 Å². The van der Waals surface area contributed by atoms with Crippen molar-refractivity contribution in [1.29, 1.82) is 0 Å². The maximum absolute atomic E-state index is 14.3. The third-order valence-corrected chi connectivity index (χ3v) is 4.14. The Labute approximate surface area is 116 Å². The number of benzene rings is 1. The SMILES string of the molecule is CCc1ccsc1C(NN)c1cccc(OC)c1F. The number of halogens is 1. The smallest absolute Gasteiger partial charge is 0.170 e. The van der Waals surface area contributed by atoms with E-state index in [1.165, 1.54) is 12.7 Å². The Bertz CT molecular complexity index is 556. The molecule has 1 atom stereocenters. The van der Waals surface area contributed by atoms with Gasteiger partial charge in [0.2, 0.25) is 0 Å². The first-order valence-electron chi connectivity index (χ1n) is 6.07. The second-order valence-corrected chi connectivity index (χ2v) is 5.07. The van der Waals surface area contributed by atoms with Gasteiger partial charge >= 0.3 is 0 Å². The highest BCUT2D eigenvalue weighted by molar-refractivity contribution is 7.10. The van der Waals surface area contributed by atoms with Crippen molar-refractivity contribution < 1.29 is 9.13 Å². The molecule has 0 aliphatic carbocycles. The fourth-order valence-corrected chi connectivity index (χ4v) is 3.18. The molecule has 0 fully saturated rings. The number of nitrogens with one attached hydrogen (secondary N) is 1. The lowest BCUT2D eigenvalue weighted by molar-refractivity contribution is 0.382. The van der Waals surface area contributed by atoms with E-state index in [2.05, 4.69) is 12.3 Å². The van der Waals surface area contributed by atoms with E-state index < -0.39 is 0 Å². The summed E-state index contributed by atoms with van der Waals surface area (Å²) in [6.07, 6.45) is 0.891. The van der Waals surface area contributed by atoms with Gasteiger partial charge in [-0.25, -0.2) is 9.82 Å². The van der Waals surface area contributed by atoms with Crippen LogP contribution in [0.4, 0.5) is 4.39 Å². The zero-order chi connectivity index (χ0) is 13.8. The predicted molar refractivity (Wildman–Crippen MR) is 75.8 cm³/mol. The van der Waals surface area contributed by atoms with Crippen LogP contribution in [0, 0.1) is 5.82 Å². The predicted octanol–water partition coefficient (Wildman–Crippen LogP) is 3.01. The Balaban J connectivity index is 2.48. The lowest BCUT2D eigenvalue weighted by atomic mass is 10.0. The fraction of sp³-hybridized carbons (Fsp3) is 0.286. The Morgan fingerprint density at radius 2 is 2.21 bits per heavy atom. The maximum Gasteiger partial charge on any atom is 0.170 e. The number of ether oxygens (including phenoxy) is 1. The monoisotopic (exact) mass is 280 g/mol. The highest BCUT2D eigenvalue weighted by atomic mass is 32.1. The summed E-state index contributed by atoms with van der Waals surface area (Å²) >= 11 is 1.57. The molecule has 0 aliphatic heterocycles. The molecule has 19 heavy (non-hydrogen) atoms. The Morgan fingerprint density at radius 3 is 2.84 bits per heavy atom. The minimum Gasteiger partial charge on any atom is -0.494 e. The molecule has 3 N–H and O–H groups in total. The van der Waals surface area contributed by atoms with Crippen LogP contribution in [0.15, 0.2) is 29.6 Å². The summed E-state index contributed by atoms with van der Waals surface area (Å²) in [4.78, 5) is 1.04. The number of hydrogen-bond acceptors (Lipinski definition) is 4. The van der Waals surface area contributed by atoms with Crippen molar-refractivity contribution in [1.82, 2.24) is 5.43 Å². The molecule has 1 aromatic carbocycles. The molecule has 1 aromatic heterocycles. The van der Waals surface area contributed by atoms with Crippen molar-refractivity contribution in [3.05, 3.63) is 51.5 Å². The molecule has 0 amide bonds. The molecule has 1 unspecified atom stereocenters. The number of rotatable bonds is 5. The quantitative estimate of drug-likeness (QED) is 0.654. The Morgan fingerprint density at radius 1 is 1.42 bits per heavy atom. The highest BCUT2D eigenvalue weighted by Crippen LogP contribution is 2.33. The van der Waals surface area contributed by atoms with Crippen LogP contribution in [0.1, 0.15) is 29.0 Å². The molecular weight excluding hydrogens is 263 g/mol. The van der Waals surface area contributed by atoms with Crippen molar-refractivity contribution in [2.45, 2.75) is 19.4 Å². The second kappa shape index (κ2) is 6.14. The molecule has 0 aliphatic rings. The van der Waals surface area contributed by atoms with Gasteiger partial charge < -0.3 is 4.74 Å². The van der Waals surface area contributed by atoms with Crippen molar-refractivity contribution in [3.63, 3.8) is 0 Å². The van der Waals surface area contributed by atoms with Crippen LogP contribution in [0.5, 0.6) is 5.75 Å². The fourth-order valence-electron chi connectivity index (χ4n) is 2.11. The van der Waals surface area contributed by atoms with Gasteiger partial charge in [0, 0.05) is 10.4 Å². The Hall–Kier alpha value is -1.43. The van der Waals surface area contributed by atoms with Crippen LogP contribution in [0.25, 0.3) is 0 Å². The van der Waals surface area contributed by atoms with Crippen LogP contribution in [0.3, 0.4) is 0 Å². The van der Waals surface area contributed by atoms with E-state index in [-0.39, 0.29) is 17.6 Å². The van der Waals surface area contributed by atoms with Crippen LogP contribution in [-0.4, -0.2) is 7.11 Å². The summed E-state index contributed by atoms with van der Waals surface area (Å²) in [5, 5.41) is 2.00. The molecule has 5 heteroatoms. The largest absolute Gasteiger partial charge is 0.494 e. The zero-order valence-corrected chi connectivity index (χ0v) is 11.8. The van der Waals surface area contributed by atoms with E-state index in [1.807, 2.05) is 11.4 Å². The van der Waals surface area contributed by atoms with Gasteiger partial charge in [-0.05, 0) is 29.5 Å². The number of methoxy groups -OCH3 is 1. The average molecular weight is 280 g/mol. The molecule has 0 radical (unpaired) electrons. The molecule has 1 heterocycles. The van der Waals surface area contributed by atoms with Gasteiger partial charge in [0.15, 0.2) is 11.6 Å². The van der Waals surface area contributed by atoms with Crippen LogP contribution in [0.2, 0.25) is 0 Å². The number of aryl methyl sites for hydroxylation is 1. The molecule has 3 nitrogen and oxygen atoms in total. The van der Waals surface area contributed by atoms with E-state index in [4.69, 9.17) is 10.6 Å². The van der Waals surface area contributed by atoms with Gasteiger partial charge in [0.1, 0.15) is 0 Å². The van der Waals surface area contributed by atoms with E-state index in [1.54, 1.807) is 29.5 Å².